The summed E-state index contributed by atoms with van der Waals surface area (Å²) in [6.07, 6.45) is 6.94. The maximum Gasteiger partial charge on any atom is 0.227 e. The molecule has 0 aliphatic carbocycles. The number of hydrogen-bond acceptors (Lipinski definition) is 7. The van der Waals surface area contributed by atoms with Crippen LogP contribution in [0.1, 0.15) is 0 Å². The first kappa shape index (κ1) is 12.0. The molecular weight excluding hydrogens is 268 g/mol. The van der Waals surface area contributed by atoms with Crippen molar-refractivity contribution >= 4 is 23.1 Å². The molecular formula is C13H14N8. The number of H-pyrrole nitrogens is 1. The largest absolute Gasteiger partial charge is 0.342 e. The third-order valence-electron chi connectivity index (χ3n) is 3.56. The highest BCUT2D eigenvalue weighted by atomic mass is 15.4. The first-order chi connectivity index (χ1) is 10.4. The average Bonchev–Trinajstić information content (AvgIpc) is 3.03. The molecule has 21 heavy (non-hydrogen) atoms. The minimum Gasteiger partial charge on any atom is -0.342 e. The number of imidazole rings is 1. The van der Waals surface area contributed by atoms with Gasteiger partial charge < -0.3 is 14.8 Å². The molecule has 106 valence electrons. The number of rotatable bonds is 2. The van der Waals surface area contributed by atoms with Crippen LogP contribution in [-0.4, -0.2) is 56.1 Å². The van der Waals surface area contributed by atoms with E-state index in [0.717, 1.165) is 43.6 Å². The highest BCUT2D eigenvalue weighted by molar-refractivity contribution is 5.69. The second-order valence-electron chi connectivity index (χ2n) is 4.83. The lowest BCUT2D eigenvalue weighted by Gasteiger charge is -2.34. The van der Waals surface area contributed by atoms with Crippen molar-refractivity contribution in [3.63, 3.8) is 0 Å². The Kier molecular flexibility index (Phi) is 2.84. The molecule has 1 saturated heterocycles. The molecule has 1 aliphatic heterocycles. The van der Waals surface area contributed by atoms with E-state index in [2.05, 4.69) is 39.7 Å². The van der Waals surface area contributed by atoms with Crippen molar-refractivity contribution < 1.29 is 0 Å². The molecule has 1 N–H and O–H groups in total. The lowest BCUT2D eigenvalue weighted by Crippen LogP contribution is -2.47. The lowest BCUT2D eigenvalue weighted by molar-refractivity contribution is 0.629. The van der Waals surface area contributed by atoms with Crippen molar-refractivity contribution in [1.82, 2.24) is 29.9 Å². The van der Waals surface area contributed by atoms with Gasteiger partial charge in [-0.15, -0.1) is 0 Å². The van der Waals surface area contributed by atoms with Crippen LogP contribution in [0.15, 0.2) is 31.0 Å². The minimum atomic E-state index is 0.703. The summed E-state index contributed by atoms with van der Waals surface area (Å²) in [6, 6.07) is 1.83. The second-order valence-corrected chi connectivity index (χ2v) is 4.83. The number of anilines is 2. The van der Waals surface area contributed by atoms with Crippen molar-refractivity contribution in [2.24, 2.45) is 0 Å². The number of nitrogens with zero attached hydrogens (tertiary/aromatic N) is 7. The predicted molar refractivity (Wildman–Crippen MR) is 78.1 cm³/mol. The van der Waals surface area contributed by atoms with Gasteiger partial charge in [-0.3, -0.25) is 0 Å². The Balaban J connectivity index is 1.49. The van der Waals surface area contributed by atoms with Crippen LogP contribution < -0.4 is 9.80 Å². The summed E-state index contributed by atoms with van der Waals surface area (Å²) in [6.45, 7) is 3.39. The summed E-state index contributed by atoms with van der Waals surface area (Å²) in [4.78, 5) is 28.9. The highest BCUT2D eigenvalue weighted by Crippen LogP contribution is 2.15. The number of hydrogen-bond donors (Lipinski definition) is 1. The van der Waals surface area contributed by atoms with Gasteiger partial charge in [-0.1, -0.05) is 0 Å². The molecule has 0 saturated carbocycles. The summed E-state index contributed by atoms with van der Waals surface area (Å²) in [5.41, 5.74) is 1.56. The van der Waals surface area contributed by atoms with Gasteiger partial charge in [0.25, 0.3) is 0 Å². The number of aromatic nitrogens is 6. The smallest absolute Gasteiger partial charge is 0.227 e. The standard InChI is InChI=1S/C13H14N8/c1-2-14-12(15-3-1)20-4-6-21(7-5-20)13-16-8-10-11(19-13)18-9-17-10/h1-3,8-9H,4-7H2,(H,16,17,18,19). The van der Waals surface area contributed by atoms with Gasteiger partial charge in [0.15, 0.2) is 5.65 Å². The zero-order chi connectivity index (χ0) is 14.1. The fourth-order valence-electron chi connectivity index (χ4n) is 2.44. The molecule has 0 spiro atoms. The van der Waals surface area contributed by atoms with Crippen molar-refractivity contribution in [3.8, 4) is 0 Å². The number of piperazine rings is 1. The first-order valence-electron chi connectivity index (χ1n) is 6.83. The van der Waals surface area contributed by atoms with Gasteiger partial charge in [0.1, 0.15) is 5.52 Å². The molecule has 8 heteroatoms. The summed E-state index contributed by atoms with van der Waals surface area (Å²) < 4.78 is 0. The molecule has 0 unspecified atom stereocenters. The number of aromatic amines is 1. The monoisotopic (exact) mass is 282 g/mol. The second kappa shape index (κ2) is 4.97. The molecule has 4 rings (SSSR count). The van der Waals surface area contributed by atoms with Gasteiger partial charge in [0.2, 0.25) is 11.9 Å². The third-order valence-corrected chi connectivity index (χ3v) is 3.56. The van der Waals surface area contributed by atoms with E-state index in [-0.39, 0.29) is 0 Å². The van der Waals surface area contributed by atoms with E-state index in [1.165, 1.54) is 0 Å². The SMILES string of the molecule is c1cnc(N2CCN(c3ncc4[nH]cnc4n3)CC2)nc1. The zero-order valence-electron chi connectivity index (χ0n) is 11.3. The molecule has 0 amide bonds. The van der Waals surface area contributed by atoms with E-state index in [0.29, 0.717) is 5.65 Å². The molecule has 4 heterocycles. The summed E-state index contributed by atoms with van der Waals surface area (Å²) in [7, 11) is 0. The van der Waals surface area contributed by atoms with Gasteiger partial charge in [0.05, 0.1) is 12.5 Å². The highest BCUT2D eigenvalue weighted by Gasteiger charge is 2.20. The maximum absolute atomic E-state index is 4.48. The van der Waals surface area contributed by atoms with Gasteiger partial charge in [-0.25, -0.2) is 19.9 Å². The van der Waals surface area contributed by atoms with Crippen LogP contribution in [0.25, 0.3) is 11.2 Å². The average molecular weight is 282 g/mol. The Morgan fingerprint density at radius 3 is 2.33 bits per heavy atom. The van der Waals surface area contributed by atoms with Crippen molar-refractivity contribution in [2.45, 2.75) is 0 Å². The van der Waals surface area contributed by atoms with Crippen LogP contribution >= 0.6 is 0 Å². The van der Waals surface area contributed by atoms with E-state index in [1.54, 1.807) is 24.9 Å². The topological polar surface area (TPSA) is 86.7 Å². The normalized spacial score (nSPS) is 15.6. The molecule has 0 aromatic carbocycles. The van der Waals surface area contributed by atoms with Crippen molar-refractivity contribution in [2.75, 3.05) is 36.0 Å². The van der Waals surface area contributed by atoms with E-state index in [9.17, 15) is 0 Å². The minimum absolute atomic E-state index is 0.703. The van der Waals surface area contributed by atoms with Crippen LogP contribution in [0.3, 0.4) is 0 Å². The van der Waals surface area contributed by atoms with E-state index < -0.39 is 0 Å². The summed E-state index contributed by atoms with van der Waals surface area (Å²) in [5, 5.41) is 0. The molecule has 0 radical (unpaired) electrons. The van der Waals surface area contributed by atoms with Crippen molar-refractivity contribution in [3.05, 3.63) is 31.0 Å². The van der Waals surface area contributed by atoms with Crippen LogP contribution in [0, 0.1) is 0 Å². The fraction of sp³-hybridized carbons (Fsp3) is 0.308. The molecule has 3 aromatic heterocycles. The number of fused-ring (bicyclic) bond motifs is 1. The van der Waals surface area contributed by atoms with Crippen LogP contribution in [-0.2, 0) is 0 Å². The van der Waals surface area contributed by atoms with Gasteiger partial charge in [-0.05, 0) is 6.07 Å². The van der Waals surface area contributed by atoms with Crippen LogP contribution in [0.5, 0.6) is 0 Å². The molecule has 0 bridgehead atoms. The van der Waals surface area contributed by atoms with E-state index >= 15 is 0 Å². The Hall–Kier alpha value is -2.77. The Morgan fingerprint density at radius 1 is 0.857 bits per heavy atom. The molecule has 8 nitrogen and oxygen atoms in total. The lowest BCUT2D eigenvalue weighted by atomic mass is 10.3. The summed E-state index contributed by atoms with van der Waals surface area (Å²) >= 11 is 0. The van der Waals surface area contributed by atoms with E-state index in [1.807, 2.05) is 6.07 Å². The van der Waals surface area contributed by atoms with Crippen LogP contribution in [0.2, 0.25) is 0 Å². The summed E-state index contributed by atoms with van der Waals surface area (Å²) in [5.74, 6) is 1.50. The quantitative estimate of drug-likeness (QED) is 0.731. The molecule has 3 aromatic rings. The van der Waals surface area contributed by atoms with E-state index in [4.69, 9.17) is 0 Å². The molecule has 0 atom stereocenters. The fourth-order valence-corrected chi connectivity index (χ4v) is 2.44. The Bertz CT molecular complexity index is 732. The third kappa shape index (κ3) is 2.24. The zero-order valence-corrected chi connectivity index (χ0v) is 11.3. The van der Waals surface area contributed by atoms with Gasteiger partial charge in [0, 0.05) is 38.6 Å². The Morgan fingerprint density at radius 2 is 1.57 bits per heavy atom. The predicted octanol–water partition coefficient (Wildman–Crippen LogP) is 0.469. The van der Waals surface area contributed by atoms with Crippen LogP contribution in [0.4, 0.5) is 11.9 Å². The number of nitrogens with one attached hydrogen (secondary N) is 1. The molecule has 1 fully saturated rings. The van der Waals surface area contributed by atoms with Crippen molar-refractivity contribution in [1.29, 1.82) is 0 Å². The van der Waals surface area contributed by atoms with Gasteiger partial charge in [-0.2, -0.15) is 4.98 Å². The first-order valence-corrected chi connectivity index (χ1v) is 6.83. The van der Waals surface area contributed by atoms with Gasteiger partial charge >= 0.3 is 0 Å². The maximum atomic E-state index is 4.48. The Labute approximate surface area is 120 Å². The molecule has 1 aliphatic rings.